The van der Waals surface area contributed by atoms with Crippen LogP contribution in [-0.2, 0) is 12.8 Å². The maximum absolute atomic E-state index is 12.8. The minimum Gasteiger partial charge on any atom is -0.432 e. The van der Waals surface area contributed by atoms with Gasteiger partial charge in [-0.05, 0) is 80.4 Å². The summed E-state index contributed by atoms with van der Waals surface area (Å²) in [6.45, 7) is 8.58. The number of carbonyl (C=O) groups excluding carboxylic acids is 1. The number of amides is 1. The third kappa shape index (κ3) is 5.43. The van der Waals surface area contributed by atoms with Crippen molar-refractivity contribution < 1.29 is 9.53 Å². The van der Waals surface area contributed by atoms with Crippen molar-refractivity contribution in [2.75, 3.05) is 18.4 Å². The number of anilines is 1. The molecular formula is C26H26N4O2S. The van der Waals surface area contributed by atoms with E-state index in [1.54, 1.807) is 36.4 Å². The van der Waals surface area contributed by atoms with E-state index < -0.39 is 0 Å². The van der Waals surface area contributed by atoms with E-state index in [0.717, 1.165) is 41.7 Å². The van der Waals surface area contributed by atoms with Gasteiger partial charge in [0.25, 0.3) is 11.1 Å². The summed E-state index contributed by atoms with van der Waals surface area (Å²) in [5.74, 6) is 0.342. The molecule has 1 aromatic heterocycles. The maximum atomic E-state index is 12.8. The van der Waals surface area contributed by atoms with E-state index in [0.29, 0.717) is 35.3 Å². The van der Waals surface area contributed by atoms with Gasteiger partial charge in [0.05, 0.1) is 22.4 Å². The van der Waals surface area contributed by atoms with Gasteiger partial charge in [0.15, 0.2) is 0 Å². The number of nitrogens with one attached hydrogen (secondary N) is 1. The first-order chi connectivity index (χ1) is 16.1. The molecule has 33 heavy (non-hydrogen) atoms. The van der Waals surface area contributed by atoms with Crippen molar-refractivity contribution in [3.8, 4) is 5.75 Å². The molecule has 0 spiro atoms. The second-order valence-corrected chi connectivity index (χ2v) is 8.21. The Morgan fingerprint density at radius 3 is 2.27 bits per heavy atom. The standard InChI is InChI=1S/C26H26N4O2S/c1-3-15-30(16-4-2)26(33)32-20-12-9-18(10-13-20)25(31)27-19-11-14-23-24(17-19)29-22-8-6-5-7-21(22)28-23/h3-4,9-14,17H,1-2,5-8,15-16H2,(H,27,31). The van der Waals surface area contributed by atoms with Gasteiger partial charge in [0, 0.05) is 24.3 Å². The number of ether oxygens (including phenoxy) is 1. The van der Waals surface area contributed by atoms with E-state index in [-0.39, 0.29) is 5.91 Å². The Hall–Kier alpha value is -3.58. The number of aromatic nitrogens is 2. The van der Waals surface area contributed by atoms with Gasteiger partial charge in [-0.3, -0.25) is 4.79 Å². The van der Waals surface area contributed by atoms with Gasteiger partial charge >= 0.3 is 0 Å². The molecule has 0 saturated heterocycles. The second kappa shape index (κ2) is 10.4. The van der Waals surface area contributed by atoms with Gasteiger partial charge in [-0.2, -0.15) is 0 Å². The van der Waals surface area contributed by atoms with E-state index in [9.17, 15) is 4.79 Å². The van der Waals surface area contributed by atoms with Crippen LogP contribution in [0.15, 0.2) is 67.8 Å². The van der Waals surface area contributed by atoms with E-state index in [1.807, 2.05) is 23.1 Å². The summed E-state index contributed by atoms with van der Waals surface area (Å²) in [6, 6.07) is 12.5. The summed E-state index contributed by atoms with van der Waals surface area (Å²) < 4.78 is 5.74. The Morgan fingerprint density at radius 1 is 1.00 bits per heavy atom. The third-order valence-electron chi connectivity index (χ3n) is 5.43. The highest BCUT2D eigenvalue weighted by Gasteiger charge is 2.14. The average Bonchev–Trinajstić information content (AvgIpc) is 2.83. The van der Waals surface area contributed by atoms with Crippen LogP contribution in [0.3, 0.4) is 0 Å². The number of hydrogen-bond acceptors (Lipinski definition) is 5. The molecule has 1 aliphatic rings. The molecular weight excluding hydrogens is 432 g/mol. The van der Waals surface area contributed by atoms with Crippen molar-refractivity contribution >= 4 is 40.0 Å². The lowest BCUT2D eigenvalue weighted by atomic mass is 10.0. The zero-order chi connectivity index (χ0) is 23.2. The molecule has 0 bridgehead atoms. The Labute approximate surface area is 199 Å². The van der Waals surface area contributed by atoms with Crippen molar-refractivity contribution in [1.29, 1.82) is 0 Å². The Kier molecular flexibility index (Phi) is 7.10. The van der Waals surface area contributed by atoms with Crippen LogP contribution in [0.25, 0.3) is 11.0 Å². The summed E-state index contributed by atoms with van der Waals surface area (Å²) in [5.41, 5.74) is 5.03. The van der Waals surface area contributed by atoms with E-state index in [1.165, 1.54) is 6.42 Å². The monoisotopic (exact) mass is 458 g/mol. The Bertz CT molecular complexity index is 1200. The van der Waals surface area contributed by atoms with Gasteiger partial charge in [0.1, 0.15) is 5.75 Å². The summed E-state index contributed by atoms with van der Waals surface area (Å²) >= 11 is 5.35. The van der Waals surface area contributed by atoms with Gasteiger partial charge in [-0.25, -0.2) is 9.97 Å². The van der Waals surface area contributed by atoms with Gasteiger partial charge in [0.2, 0.25) is 0 Å². The summed E-state index contributed by atoms with van der Waals surface area (Å²) in [5, 5.41) is 3.26. The van der Waals surface area contributed by atoms with Crippen LogP contribution in [0.1, 0.15) is 34.6 Å². The summed E-state index contributed by atoms with van der Waals surface area (Å²) in [7, 11) is 0. The highest BCUT2D eigenvalue weighted by atomic mass is 32.1. The van der Waals surface area contributed by atoms with Crippen molar-refractivity contribution in [1.82, 2.24) is 14.9 Å². The number of fused-ring (bicyclic) bond motifs is 2. The SMILES string of the molecule is C=CCN(CC=C)C(=S)Oc1ccc(C(=O)Nc2ccc3nc4c(nc3c2)CCCC4)cc1. The highest BCUT2D eigenvalue weighted by molar-refractivity contribution is 7.80. The Morgan fingerprint density at radius 2 is 1.64 bits per heavy atom. The van der Waals surface area contributed by atoms with E-state index in [2.05, 4.69) is 18.5 Å². The molecule has 7 heteroatoms. The quantitative estimate of drug-likeness (QED) is 0.393. The number of rotatable bonds is 7. The molecule has 0 atom stereocenters. The molecule has 1 N–H and O–H groups in total. The van der Waals surface area contributed by atoms with Crippen LogP contribution in [0.2, 0.25) is 0 Å². The predicted molar refractivity (Wildman–Crippen MR) is 136 cm³/mol. The van der Waals surface area contributed by atoms with Crippen LogP contribution in [-0.4, -0.2) is 39.0 Å². The highest BCUT2D eigenvalue weighted by Crippen LogP contribution is 2.23. The molecule has 1 heterocycles. The zero-order valence-electron chi connectivity index (χ0n) is 18.4. The normalized spacial score (nSPS) is 12.5. The summed E-state index contributed by atoms with van der Waals surface area (Å²) in [4.78, 5) is 24.1. The molecule has 168 valence electrons. The lowest BCUT2D eigenvalue weighted by Crippen LogP contribution is -2.33. The molecule has 0 radical (unpaired) electrons. The smallest absolute Gasteiger partial charge is 0.265 e. The largest absolute Gasteiger partial charge is 0.432 e. The zero-order valence-corrected chi connectivity index (χ0v) is 19.2. The average molecular weight is 459 g/mol. The van der Waals surface area contributed by atoms with E-state index >= 15 is 0 Å². The molecule has 6 nitrogen and oxygen atoms in total. The lowest BCUT2D eigenvalue weighted by Gasteiger charge is -2.21. The number of benzene rings is 2. The molecule has 3 aromatic rings. The molecule has 0 unspecified atom stereocenters. The van der Waals surface area contributed by atoms with Crippen LogP contribution < -0.4 is 10.1 Å². The minimum absolute atomic E-state index is 0.214. The molecule has 0 saturated carbocycles. The first kappa shape index (κ1) is 22.6. The number of hydrogen-bond donors (Lipinski definition) is 1. The fourth-order valence-corrected chi connectivity index (χ4v) is 4.01. The first-order valence-corrected chi connectivity index (χ1v) is 11.4. The fraction of sp³-hybridized carbons (Fsp3) is 0.231. The molecule has 0 fully saturated rings. The Balaban J connectivity index is 1.43. The molecule has 2 aromatic carbocycles. The van der Waals surface area contributed by atoms with Crippen LogP contribution in [0.4, 0.5) is 5.69 Å². The molecule has 0 aliphatic heterocycles. The van der Waals surface area contributed by atoms with Crippen LogP contribution in [0.5, 0.6) is 5.75 Å². The predicted octanol–water partition coefficient (Wildman–Crippen LogP) is 5.10. The number of carbonyl (C=O) groups is 1. The summed E-state index contributed by atoms with van der Waals surface area (Å²) in [6.07, 6.45) is 7.76. The van der Waals surface area contributed by atoms with Gasteiger partial charge in [-0.15, -0.1) is 13.2 Å². The third-order valence-corrected chi connectivity index (χ3v) is 5.77. The van der Waals surface area contributed by atoms with Gasteiger partial charge < -0.3 is 15.0 Å². The first-order valence-electron chi connectivity index (χ1n) is 11.0. The van der Waals surface area contributed by atoms with E-state index in [4.69, 9.17) is 26.9 Å². The molecule has 1 amide bonds. The van der Waals surface area contributed by atoms with Crippen molar-refractivity contribution in [2.24, 2.45) is 0 Å². The molecule has 4 rings (SSSR count). The second-order valence-electron chi connectivity index (χ2n) is 7.86. The topological polar surface area (TPSA) is 67.3 Å². The maximum Gasteiger partial charge on any atom is 0.265 e. The molecule has 1 aliphatic carbocycles. The van der Waals surface area contributed by atoms with Crippen LogP contribution >= 0.6 is 12.2 Å². The fourth-order valence-electron chi connectivity index (χ4n) is 3.77. The number of thiocarbonyl (C=S) groups is 1. The number of aryl methyl sites for hydroxylation is 2. The van der Waals surface area contributed by atoms with Crippen molar-refractivity contribution in [3.63, 3.8) is 0 Å². The number of nitrogens with zero attached hydrogens (tertiary/aromatic N) is 3. The minimum atomic E-state index is -0.214. The van der Waals surface area contributed by atoms with Crippen LogP contribution in [0, 0.1) is 0 Å². The van der Waals surface area contributed by atoms with Crippen molar-refractivity contribution in [2.45, 2.75) is 25.7 Å². The van der Waals surface area contributed by atoms with Gasteiger partial charge in [-0.1, -0.05) is 12.2 Å². The van der Waals surface area contributed by atoms with Crippen molar-refractivity contribution in [3.05, 3.63) is 84.7 Å². The lowest BCUT2D eigenvalue weighted by molar-refractivity contribution is 0.102.